The summed E-state index contributed by atoms with van der Waals surface area (Å²) in [5.41, 5.74) is 0.983. The lowest BCUT2D eigenvalue weighted by Crippen LogP contribution is -2.52. The highest BCUT2D eigenvalue weighted by atomic mass is 32.2. The zero-order chi connectivity index (χ0) is 26.7. The molecule has 1 aromatic rings. The Balaban J connectivity index is 1.44. The van der Waals surface area contributed by atoms with Crippen molar-refractivity contribution < 1.29 is 18.0 Å². The number of hydrogen-bond acceptors (Lipinski definition) is 4. The molecule has 2 aliphatic heterocycles. The Morgan fingerprint density at radius 3 is 2.05 bits per heavy atom. The minimum atomic E-state index is -3.77. The summed E-state index contributed by atoms with van der Waals surface area (Å²) in [6.07, 6.45) is 15.0. The summed E-state index contributed by atoms with van der Waals surface area (Å²) in [4.78, 5) is 28.3. The van der Waals surface area contributed by atoms with Gasteiger partial charge in [-0.2, -0.15) is 4.31 Å². The first kappa shape index (κ1) is 29.6. The SMILES string of the molecule is CCCCCCCCCCCCNC(=O)[C@@H]1CCCN1C(=O)[C@@H]1CCCN1S(=O)(=O)c1ccc(C)cc1. The maximum Gasteiger partial charge on any atom is 0.243 e. The van der Waals surface area contributed by atoms with Crippen molar-refractivity contribution in [2.75, 3.05) is 19.6 Å². The molecule has 0 spiro atoms. The highest BCUT2D eigenvalue weighted by molar-refractivity contribution is 7.89. The van der Waals surface area contributed by atoms with Gasteiger partial charge in [0.25, 0.3) is 0 Å². The Labute approximate surface area is 224 Å². The number of unbranched alkanes of at least 4 members (excludes halogenated alkanes) is 9. The summed E-state index contributed by atoms with van der Waals surface area (Å²) in [5, 5.41) is 3.03. The number of benzene rings is 1. The van der Waals surface area contributed by atoms with E-state index < -0.39 is 22.1 Å². The molecule has 0 aliphatic carbocycles. The number of nitrogens with zero attached hydrogens (tertiary/aromatic N) is 2. The predicted molar refractivity (Wildman–Crippen MR) is 148 cm³/mol. The summed E-state index contributed by atoms with van der Waals surface area (Å²) in [6, 6.07) is 5.51. The van der Waals surface area contributed by atoms with E-state index in [1.165, 1.54) is 55.7 Å². The van der Waals surface area contributed by atoms with Crippen molar-refractivity contribution in [3.63, 3.8) is 0 Å². The van der Waals surface area contributed by atoms with E-state index >= 15 is 0 Å². The zero-order valence-electron chi connectivity index (χ0n) is 22.9. The summed E-state index contributed by atoms with van der Waals surface area (Å²) in [6.45, 7) is 5.61. The van der Waals surface area contributed by atoms with Crippen molar-refractivity contribution in [2.24, 2.45) is 0 Å². The molecule has 1 aromatic carbocycles. The summed E-state index contributed by atoms with van der Waals surface area (Å²) in [5.74, 6) is -0.336. The number of nitrogens with one attached hydrogen (secondary N) is 1. The van der Waals surface area contributed by atoms with Crippen molar-refractivity contribution >= 4 is 21.8 Å². The second kappa shape index (κ2) is 14.9. The van der Waals surface area contributed by atoms with Gasteiger partial charge in [0.1, 0.15) is 12.1 Å². The number of carbonyl (C=O) groups is 2. The van der Waals surface area contributed by atoms with Gasteiger partial charge in [0.05, 0.1) is 4.90 Å². The first-order chi connectivity index (χ1) is 17.9. The fourth-order valence-electron chi connectivity index (χ4n) is 5.56. The second-order valence-electron chi connectivity index (χ2n) is 10.7. The molecule has 3 rings (SSSR count). The highest BCUT2D eigenvalue weighted by Gasteiger charge is 2.44. The number of hydrogen-bond donors (Lipinski definition) is 1. The molecule has 2 heterocycles. The van der Waals surface area contributed by atoms with Crippen molar-refractivity contribution in [3.05, 3.63) is 29.8 Å². The lowest BCUT2D eigenvalue weighted by molar-refractivity contribution is -0.140. The van der Waals surface area contributed by atoms with E-state index in [4.69, 9.17) is 0 Å². The van der Waals surface area contributed by atoms with Gasteiger partial charge in [-0.1, -0.05) is 82.4 Å². The van der Waals surface area contributed by atoms with Gasteiger partial charge in [0.15, 0.2) is 0 Å². The first-order valence-corrected chi connectivity index (χ1v) is 16.0. The molecule has 0 radical (unpaired) electrons. The molecule has 7 nitrogen and oxygen atoms in total. The third-order valence-corrected chi connectivity index (χ3v) is 9.71. The summed E-state index contributed by atoms with van der Waals surface area (Å²) in [7, 11) is -3.77. The van der Waals surface area contributed by atoms with E-state index in [1.807, 2.05) is 6.92 Å². The molecule has 2 aliphatic rings. The molecule has 0 saturated carbocycles. The number of aryl methyl sites for hydroxylation is 1. The molecule has 0 aromatic heterocycles. The number of rotatable bonds is 15. The van der Waals surface area contributed by atoms with Crippen molar-refractivity contribution in [3.8, 4) is 0 Å². The molecule has 2 amide bonds. The second-order valence-corrected chi connectivity index (χ2v) is 12.6. The summed E-state index contributed by atoms with van der Waals surface area (Å²) >= 11 is 0. The summed E-state index contributed by atoms with van der Waals surface area (Å²) < 4.78 is 27.9. The largest absolute Gasteiger partial charge is 0.354 e. The van der Waals surface area contributed by atoms with E-state index in [2.05, 4.69) is 12.2 Å². The molecule has 0 bridgehead atoms. The standard InChI is InChI=1S/C29H47N3O4S/c1-3-4-5-6-7-8-9-10-11-12-21-30-28(33)26-15-13-22-31(26)29(34)27-16-14-23-32(27)37(35,36)25-19-17-24(2)18-20-25/h17-20,26-27H,3-16,21-23H2,1-2H3,(H,30,33)/t26-,27-/m0/s1. The quantitative estimate of drug-likeness (QED) is 0.315. The van der Waals surface area contributed by atoms with Crippen LogP contribution in [-0.2, 0) is 19.6 Å². The van der Waals surface area contributed by atoms with Crippen LogP contribution in [0.5, 0.6) is 0 Å². The molecule has 208 valence electrons. The molecule has 2 fully saturated rings. The van der Waals surface area contributed by atoms with E-state index in [1.54, 1.807) is 29.2 Å². The van der Waals surface area contributed by atoms with Gasteiger partial charge in [-0.25, -0.2) is 8.42 Å². The number of amides is 2. The molecule has 2 atom stereocenters. The Hall–Kier alpha value is -1.93. The van der Waals surface area contributed by atoms with Crippen LogP contribution in [0, 0.1) is 6.92 Å². The Morgan fingerprint density at radius 2 is 1.41 bits per heavy atom. The van der Waals surface area contributed by atoms with Crippen LogP contribution < -0.4 is 5.32 Å². The van der Waals surface area contributed by atoms with Gasteiger partial charge < -0.3 is 10.2 Å². The van der Waals surface area contributed by atoms with Crippen LogP contribution in [0.3, 0.4) is 0 Å². The molecule has 2 saturated heterocycles. The third-order valence-electron chi connectivity index (χ3n) is 7.78. The Bertz CT molecular complexity index is 964. The van der Waals surface area contributed by atoms with Gasteiger partial charge in [-0.15, -0.1) is 0 Å². The monoisotopic (exact) mass is 533 g/mol. The van der Waals surface area contributed by atoms with Gasteiger partial charge in [0, 0.05) is 19.6 Å². The van der Waals surface area contributed by atoms with Crippen LogP contribution in [0.1, 0.15) is 102 Å². The number of likely N-dealkylation sites (tertiary alicyclic amines) is 1. The van der Waals surface area contributed by atoms with Crippen molar-refractivity contribution in [1.82, 2.24) is 14.5 Å². The van der Waals surface area contributed by atoms with Crippen LogP contribution in [0.4, 0.5) is 0 Å². The topological polar surface area (TPSA) is 86.8 Å². The predicted octanol–water partition coefficient (Wildman–Crippen LogP) is 5.18. The third kappa shape index (κ3) is 8.28. The minimum Gasteiger partial charge on any atom is -0.354 e. The molecule has 37 heavy (non-hydrogen) atoms. The Kier molecular flexibility index (Phi) is 11.9. The average Bonchev–Trinajstić information content (AvgIpc) is 3.58. The maximum absolute atomic E-state index is 13.5. The maximum atomic E-state index is 13.5. The minimum absolute atomic E-state index is 0.104. The van der Waals surface area contributed by atoms with Gasteiger partial charge in [0.2, 0.25) is 21.8 Å². The van der Waals surface area contributed by atoms with Crippen molar-refractivity contribution in [1.29, 1.82) is 0 Å². The molecular formula is C29H47N3O4S. The normalized spacial score (nSPS) is 20.4. The van der Waals surface area contributed by atoms with Crippen LogP contribution in [0.15, 0.2) is 29.2 Å². The zero-order valence-corrected chi connectivity index (χ0v) is 23.7. The van der Waals surface area contributed by atoms with E-state index in [9.17, 15) is 18.0 Å². The van der Waals surface area contributed by atoms with E-state index in [0.29, 0.717) is 38.9 Å². The first-order valence-electron chi connectivity index (χ1n) is 14.5. The van der Waals surface area contributed by atoms with Gasteiger partial charge in [-0.3, -0.25) is 9.59 Å². The average molecular weight is 534 g/mol. The fourth-order valence-corrected chi connectivity index (χ4v) is 7.21. The lowest BCUT2D eigenvalue weighted by atomic mass is 10.1. The van der Waals surface area contributed by atoms with Crippen molar-refractivity contribution in [2.45, 2.75) is 121 Å². The van der Waals surface area contributed by atoms with E-state index in [-0.39, 0.29) is 16.7 Å². The van der Waals surface area contributed by atoms with Crippen LogP contribution >= 0.6 is 0 Å². The molecule has 8 heteroatoms. The lowest BCUT2D eigenvalue weighted by Gasteiger charge is -2.30. The van der Waals surface area contributed by atoms with Crippen LogP contribution in [0.2, 0.25) is 0 Å². The molecular weight excluding hydrogens is 486 g/mol. The number of carbonyl (C=O) groups excluding carboxylic acids is 2. The van der Waals surface area contributed by atoms with Crippen LogP contribution in [-0.4, -0.2) is 61.2 Å². The van der Waals surface area contributed by atoms with E-state index in [0.717, 1.165) is 24.8 Å². The van der Waals surface area contributed by atoms with Gasteiger partial charge >= 0.3 is 0 Å². The highest BCUT2D eigenvalue weighted by Crippen LogP contribution is 2.30. The molecule has 1 N–H and O–H groups in total. The number of sulfonamides is 1. The molecule has 0 unspecified atom stereocenters. The Morgan fingerprint density at radius 1 is 0.838 bits per heavy atom. The smallest absolute Gasteiger partial charge is 0.243 e. The fraction of sp³-hybridized carbons (Fsp3) is 0.724. The van der Waals surface area contributed by atoms with Crippen LogP contribution in [0.25, 0.3) is 0 Å². The van der Waals surface area contributed by atoms with Gasteiger partial charge in [-0.05, 0) is 51.2 Å².